The average molecular weight is 375 g/mol. The molecule has 2 aromatic rings. The Kier molecular flexibility index (Phi) is 5.82. The number of aromatic nitrogens is 2. The lowest BCUT2D eigenvalue weighted by Crippen LogP contribution is -2.13. The van der Waals surface area contributed by atoms with Crippen LogP contribution in [0.3, 0.4) is 0 Å². The maximum atomic E-state index is 12.2. The fraction of sp³-hybridized carbons (Fsp3) is 0.200. The van der Waals surface area contributed by atoms with E-state index in [0.29, 0.717) is 6.42 Å². The minimum atomic E-state index is -0.797. The predicted molar refractivity (Wildman–Crippen MR) is 92.8 cm³/mol. The number of aryl methyl sites for hydroxylation is 1. The van der Waals surface area contributed by atoms with Crippen molar-refractivity contribution in [1.29, 1.82) is 5.26 Å². The summed E-state index contributed by atoms with van der Waals surface area (Å²) in [6.07, 6.45) is 1.80. The molecule has 0 atom stereocenters. The summed E-state index contributed by atoms with van der Waals surface area (Å²) in [6.45, 7) is 1.89. The van der Waals surface area contributed by atoms with E-state index in [1.54, 1.807) is 6.07 Å². The summed E-state index contributed by atoms with van der Waals surface area (Å²) in [5.74, 6) is -1.53. The minimum Gasteiger partial charge on any atom is -0.500 e. The highest BCUT2D eigenvalue weighted by molar-refractivity contribution is 7.15. The largest absolute Gasteiger partial charge is 0.500 e. The number of anilines is 1. The molecule has 2 rings (SSSR count). The lowest BCUT2D eigenvalue weighted by Gasteiger charge is -2.06. The van der Waals surface area contributed by atoms with Crippen LogP contribution in [0.4, 0.5) is 10.8 Å². The van der Waals surface area contributed by atoms with Crippen molar-refractivity contribution in [3.8, 4) is 17.6 Å². The zero-order chi connectivity index (χ0) is 19.3. The van der Waals surface area contributed by atoms with Gasteiger partial charge in [0.2, 0.25) is 10.9 Å². The van der Waals surface area contributed by atoms with Crippen molar-refractivity contribution in [3.63, 3.8) is 0 Å². The number of nitro groups is 1. The van der Waals surface area contributed by atoms with Crippen LogP contribution in [0.2, 0.25) is 0 Å². The number of methoxy groups -OCH3 is 1. The lowest BCUT2D eigenvalue weighted by molar-refractivity contribution is -0.386. The van der Waals surface area contributed by atoms with Gasteiger partial charge in [-0.15, -0.1) is 10.2 Å². The van der Waals surface area contributed by atoms with Gasteiger partial charge < -0.3 is 9.84 Å². The van der Waals surface area contributed by atoms with E-state index in [1.807, 2.05) is 6.92 Å². The highest BCUT2D eigenvalue weighted by Gasteiger charge is 2.20. The fourth-order valence-corrected chi connectivity index (χ4v) is 2.59. The van der Waals surface area contributed by atoms with E-state index in [2.05, 4.69) is 15.5 Å². The van der Waals surface area contributed by atoms with Gasteiger partial charge in [-0.2, -0.15) is 5.26 Å². The van der Waals surface area contributed by atoms with Crippen LogP contribution in [0.1, 0.15) is 17.5 Å². The number of phenolic OH excluding ortho intramolecular Hbond substituents is 1. The second-order valence-corrected chi connectivity index (χ2v) is 5.89. The third-order valence-corrected chi connectivity index (χ3v) is 4.14. The number of carbonyl (C=O) groups is 1. The lowest BCUT2D eigenvalue weighted by atomic mass is 10.1. The van der Waals surface area contributed by atoms with Crippen LogP contribution >= 0.6 is 11.3 Å². The van der Waals surface area contributed by atoms with E-state index < -0.39 is 22.3 Å². The Balaban J connectivity index is 2.35. The highest BCUT2D eigenvalue weighted by atomic mass is 32.1. The Morgan fingerprint density at radius 3 is 2.81 bits per heavy atom. The first-order valence-electron chi connectivity index (χ1n) is 7.20. The average Bonchev–Trinajstić information content (AvgIpc) is 3.07. The molecule has 0 aliphatic carbocycles. The van der Waals surface area contributed by atoms with E-state index in [0.717, 1.165) is 17.2 Å². The van der Waals surface area contributed by atoms with E-state index in [1.165, 1.54) is 24.5 Å². The van der Waals surface area contributed by atoms with Crippen LogP contribution in [-0.2, 0) is 11.2 Å². The number of phenols is 1. The summed E-state index contributed by atoms with van der Waals surface area (Å²) in [4.78, 5) is 22.4. The molecule has 0 fully saturated rings. The first-order chi connectivity index (χ1) is 12.4. The highest BCUT2D eigenvalue weighted by Crippen LogP contribution is 2.37. The quantitative estimate of drug-likeness (QED) is 0.337. The number of amides is 1. The molecule has 1 amide bonds. The number of nitriles is 1. The van der Waals surface area contributed by atoms with Crippen molar-refractivity contribution in [3.05, 3.63) is 38.4 Å². The first-order valence-corrected chi connectivity index (χ1v) is 8.02. The van der Waals surface area contributed by atoms with Gasteiger partial charge in [0, 0.05) is 6.07 Å². The summed E-state index contributed by atoms with van der Waals surface area (Å²) in [6, 6.07) is 4.03. The molecule has 1 aromatic carbocycles. The number of ether oxygens (including phenoxy) is 1. The second kappa shape index (κ2) is 8.04. The summed E-state index contributed by atoms with van der Waals surface area (Å²) in [5.41, 5.74) is -0.769. The van der Waals surface area contributed by atoms with E-state index in [4.69, 9.17) is 4.74 Å². The third kappa shape index (κ3) is 4.11. The molecular weight excluding hydrogens is 362 g/mol. The van der Waals surface area contributed by atoms with Crippen molar-refractivity contribution in [2.24, 2.45) is 0 Å². The van der Waals surface area contributed by atoms with Crippen molar-refractivity contribution >= 4 is 34.1 Å². The van der Waals surface area contributed by atoms with Gasteiger partial charge >= 0.3 is 5.69 Å². The minimum absolute atomic E-state index is 0.143. The summed E-state index contributed by atoms with van der Waals surface area (Å²) >= 11 is 1.18. The fourth-order valence-electron chi connectivity index (χ4n) is 1.92. The summed E-state index contributed by atoms with van der Waals surface area (Å²) in [7, 11) is 1.23. The molecule has 11 heteroatoms. The number of benzene rings is 1. The van der Waals surface area contributed by atoms with Gasteiger partial charge in [0.25, 0.3) is 5.91 Å². The van der Waals surface area contributed by atoms with E-state index in [9.17, 15) is 25.3 Å². The molecular formula is C15H13N5O5S. The smallest absolute Gasteiger partial charge is 0.315 e. The monoisotopic (exact) mass is 375 g/mol. The molecule has 134 valence electrons. The van der Waals surface area contributed by atoms with Crippen LogP contribution in [-0.4, -0.2) is 33.2 Å². The molecule has 0 saturated heterocycles. The van der Waals surface area contributed by atoms with Gasteiger partial charge in [0.15, 0.2) is 5.75 Å². The van der Waals surface area contributed by atoms with Gasteiger partial charge in [-0.3, -0.25) is 20.2 Å². The zero-order valence-corrected chi connectivity index (χ0v) is 14.5. The van der Waals surface area contributed by atoms with Crippen molar-refractivity contribution < 1.29 is 19.6 Å². The predicted octanol–water partition coefficient (Wildman–Crippen LogP) is 2.27. The molecule has 0 aliphatic heterocycles. The number of nitrogens with zero attached hydrogens (tertiary/aromatic N) is 4. The molecule has 0 aliphatic rings. The SMILES string of the molecule is CCc1nnc(NC(=O)C(C#N)=Cc2cc(OC)c(O)c([N+](=O)[O-])c2)s1. The Labute approximate surface area is 151 Å². The Morgan fingerprint density at radius 1 is 1.54 bits per heavy atom. The molecule has 1 aromatic heterocycles. The number of nitrogens with one attached hydrogen (secondary N) is 1. The number of hydrogen-bond acceptors (Lipinski definition) is 9. The first kappa shape index (κ1) is 18.8. The molecule has 0 saturated carbocycles. The van der Waals surface area contributed by atoms with Gasteiger partial charge in [-0.1, -0.05) is 18.3 Å². The molecule has 0 radical (unpaired) electrons. The van der Waals surface area contributed by atoms with Crippen molar-refractivity contribution in [2.75, 3.05) is 12.4 Å². The van der Waals surface area contributed by atoms with E-state index in [-0.39, 0.29) is 22.0 Å². The number of aromatic hydroxyl groups is 1. The topological polar surface area (TPSA) is 151 Å². The van der Waals surface area contributed by atoms with Crippen molar-refractivity contribution in [2.45, 2.75) is 13.3 Å². The molecule has 26 heavy (non-hydrogen) atoms. The zero-order valence-electron chi connectivity index (χ0n) is 13.7. The van der Waals surface area contributed by atoms with Crippen molar-refractivity contribution in [1.82, 2.24) is 10.2 Å². The molecule has 0 unspecified atom stereocenters. The van der Waals surface area contributed by atoms with Crippen LogP contribution in [0.5, 0.6) is 11.5 Å². The molecule has 0 spiro atoms. The normalized spacial score (nSPS) is 10.9. The Morgan fingerprint density at radius 2 is 2.27 bits per heavy atom. The van der Waals surface area contributed by atoms with Crippen LogP contribution in [0.25, 0.3) is 6.08 Å². The number of hydrogen-bond donors (Lipinski definition) is 2. The molecule has 0 bridgehead atoms. The molecule has 2 N–H and O–H groups in total. The van der Waals surface area contributed by atoms with E-state index >= 15 is 0 Å². The maximum Gasteiger partial charge on any atom is 0.315 e. The molecule has 10 nitrogen and oxygen atoms in total. The van der Waals surface area contributed by atoms with Crippen LogP contribution < -0.4 is 10.1 Å². The maximum absolute atomic E-state index is 12.2. The summed E-state index contributed by atoms with van der Waals surface area (Å²) < 4.78 is 4.88. The standard InChI is InChI=1S/C15H13N5O5S/c1-3-12-18-19-15(26-12)17-14(22)9(7-16)4-8-5-10(20(23)24)13(21)11(6-8)25-2/h4-6,21H,3H2,1-2H3,(H,17,19,22). The number of carbonyl (C=O) groups excluding carboxylic acids is 1. The van der Waals surface area contributed by atoms with Gasteiger partial charge in [-0.05, 0) is 24.1 Å². The van der Waals surface area contributed by atoms with Gasteiger partial charge in [-0.25, -0.2) is 0 Å². The van der Waals surface area contributed by atoms with Gasteiger partial charge in [0.1, 0.15) is 16.6 Å². The van der Waals surface area contributed by atoms with Crippen LogP contribution in [0, 0.1) is 21.4 Å². The third-order valence-electron chi connectivity index (χ3n) is 3.16. The number of rotatable bonds is 6. The Bertz CT molecular complexity index is 931. The Hall–Kier alpha value is -3.52. The molecule has 1 heterocycles. The second-order valence-electron chi connectivity index (χ2n) is 4.83. The number of nitro benzene ring substituents is 1. The van der Waals surface area contributed by atoms with Gasteiger partial charge in [0.05, 0.1) is 12.0 Å². The van der Waals surface area contributed by atoms with Crippen LogP contribution in [0.15, 0.2) is 17.7 Å². The summed E-state index contributed by atoms with van der Waals surface area (Å²) in [5, 5.41) is 41.0.